The van der Waals surface area contributed by atoms with Gasteiger partial charge in [0.05, 0.1) is 0 Å². The summed E-state index contributed by atoms with van der Waals surface area (Å²) in [6.45, 7) is 0. The maximum Gasteiger partial charge on any atom is -0.00199 e. The fourth-order valence-electron chi connectivity index (χ4n) is 9.58. The van der Waals surface area contributed by atoms with Crippen LogP contribution in [-0.2, 0) is 0 Å². The Morgan fingerprint density at radius 2 is 0.607 bits per heavy atom. The molecule has 0 nitrogen and oxygen atoms in total. The smallest absolute Gasteiger partial charge is 0.00199 e. The van der Waals surface area contributed by atoms with E-state index in [-0.39, 0.29) is 0 Å². The Hall–Kier alpha value is -7.28. The van der Waals surface area contributed by atoms with Crippen LogP contribution in [0.2, 0.25) is 0 Å². The lowest BCUT2D eigenvalue weighted by molar-refractivity contribution is 1.62. The number of benzene rings is 12. The van der Waals surface area contributed by atoms with Gasteiger partial charge in [0.2, 0.25) is 0 Å². The van der Waals surface area contributed by atoms with Gasteiger partial charge in [-0.25, -0.2) is 0 Å². The van der Waals surface area contributed by atoms with E-state index < -0.39 is 0 Å². The summed E-state index contributed by atoms with van der Waals surface area (Å²) in [7, 11) is 0. The summed E-state index contributed by atoms with van der Waals surface area (Å²) in [6.07, 6.45) is 0. The van der Waals surface area contributed by atoms with Gasteiger partial charge in [-0.1, -0.05) is 176 Å². The van der Waals surface area contributed by atoms with Crippen LogP contribution in [0, 0.1) is 0 Å². The van der Waals surface area contributed by atoms with Crippen LogP contribution in [0.15, 0.2) is 206 Å². The average Bonchev–Trinajstić information content (AvgIpc) is 3.28. The molecule has 0 bridgehead atoms. The molecule has 0 fully saturated rings. The SMILES string of the molecule is c1cc(-c2ccc3cc(-c4cc5c6ccccc6c6ccccc6c5c5ccccc45)ccc3c2)cc(-c2cc3ccc4ccccc4c3c3ccccc23)c1. The fourth-order valence-corrected chi connectivity index (χ4v) is 9.58. The number of rotatable bonds is 3. The molecular weight excluding hydrogens is 673 g/mol. The van der Waals surface area contributed by atoms with E-state index >= 15 is 0 Å². The first-order valence-electron chi connectivity index (χ1n) is 19.5. The Labute approximate surface area is 324 Å². The van der Waals surface area contributed by atoms with Crippen molar-refractivity contribution in [3.8, 4) is 33.4 Å². The average molecular weight is 707 g/mol. The molecule has 0 aromatic heterocycles. The first-order chi connectivity index (χ1) is 27.8. The van der Waals surface area contributed by atoms with E-state index in [0.717, 1.165) is 0 Å². The van der Waals surface area contributed by atoms with Crippen molar-refractivity contribution in [2.24, 2.45) is 0 Å². The van der Waals surface area contributed by atoms with E-state index in [1.165, 1.54) is 120 Å². The number of hydrogen-bond donors (Lipinski definition) is 0. The predicted molar refractivity (Wildman–Crippen MR) is 243 cm³/mol. The van der Waals surface area contributed by atoms with Crippen LogP contribution in [0.3, 0.4) is 0 Å². The molecule has 56 heavy (non-hydrogen) atoms. The quantitative estimate of drug-likeness (QED) is 0.160. The van der Waals surface area contributed by atoms with E-state index in [9.17, 15) is 0 Å². The topological polar surface area (TPSA) is 0 Å². The zero-order valence-corrected chi connectivity index (χ0v) is 30.6. The van der Waals surface area contributed by atoms with Gasteiger partial charge in [0.15, 0.2) is 0 Å². The summed E-state index contributed by atoms with van der Waals surface area (Å²) in [4.78, 5) is 0. The van der Waals surface area contributed by atoms with Crippen LogP contribution in [-0.4, -0.2) is 0 Å². The molecule has 12 rings (SSSR count). The van der Waals surface area contributed by atoms with Crippen molar-refractivity contribution in [3.63, 3.8) is 0 Å². The van der Waals surface area contributed by atoms with Crippen LogP contribution >= 0.6 is 0 Å². The molecule has 0 aliphatic rings. The molecule has 0 spiro atoms. The van der Waals surface area contributed by atoms with Crippen molar-refractivity contribution in [3.05, 3.63) is 206 Å². The van der Waals surface area contributed by atoms with Crippen molar-refractivity contribution in [1.82, 2.24) is 0 Å². The van der Waals surface area contributed by atoms with Gasteiger partial charge in [-0.05, 0) is 150 Å². The third-order valence-corrected chi connectivity index (χ3v) is 12.2. The van der Waals surface area contributed by atoms with Crippen LogP contribution in [0.5, 0.6) is 0 Å². The second kappa shape index (κ2) is 12.1. The first kappa shape index (κ1) is 31.1. The highest BCUT2D eigenvalue weighted by Gasteiger charge is 2.16. The molecule has 0 aliphatic carbocycles. The third-order valence-electron chi connectivity index (χ3n) is 12.2. The molecule has 0 N–H and O–H groups in total. The van der Waals surface area contributed by atoms with E-state index in [2.05, 4.69) is 206 Å². The Balaban J connectivity index is 0.985. The van der Waals surface area contributed by atoms with Gasteiger partial charge < -0.3 is 0 Å². The van der Waals surface area contributed by atoms with Gasteiger partial charge in [0, 0.05) is 0 Å². The summed E-state index contributed by atoms with van der Waals surface area (Å²) in [6, 6.07) is 76.6. The molecule has 0 atom stereocenters. The molecule has 0 saturated heterocycles. The largest absolute Gasteiger partial charge is 0.0616 e. The molecule has 0 unspecified atom stereocenters. The fraction of sp³-hybridized carbons (Fsp3) is 0. The van der Waals surface area contributed by atoms with Crippen LogP contribution in [0.1, 0.15) is 0 Å². The van der Waals surface area contributed by atoms with E-state index in [0.29, 0.717) is 0 Å². The lowest BCUT2D eigenvalue weighted by Crippen LogP contribution is -1.89. The van der Waals surface area contributed by atoms with Crippen molar-refractivity contribution in [1.29, 1.82) is 0 Å². The van der Waals surface area contributed by atoms with Crippen LogP contribution in [0.25, 0.3) is 120 Å². The molecule has 12 aromatic carbocycles. The second-order valence-corrected chi connectivity index (χ2v) is 15.2. The summed E-state index contributed by atoms with van der Waals surface area (Å²) >= 11 is 0. The molecular formula is C56H34. The van der Waals surface area contributed by atoms with E-state index in [4.69, 9.17) is 0 Å². The summed E-state index contributed by atoms with van der Waals surface area (Å²) in [5, 5.41) is 20.6. The second-order valence-electron chi connectivity index (χ2n) is 15.2. The van der Waals surface area contributed by atoms with Gasteiger partial charge in [-0.15, -0.1) is 0 Å². The lowest BCUT2D eigenvalue weighted by atomic mass is 9.87. The maximum atomic E-state index is 2.44. The minimum absolute atomic E-state index is 1.22. The standard InChI is InChI=1S/C56H34/c1-2-15-43-35(12-1)24-29-42-33-52(47-19-6-8-21-49(47)55(42)43)40-14-11-13-36(31-40)37-25-26-39-32-41(28-27-38(39)30-37)53-34-54-46-18-4-3-16-44(46)45-17-5-9-22-50(45)56(54)51-23-10-7-20-48(51)53/h1-34H. The van der Waals surface area contributed by atoms with Gasteiger partial charge in [0.25, 0.3) is 0 Å². The molecule has 12 aromatic rings. The van der Waals surface area contributed by atoms with Crippen LogP contribution in [0.4, 0.5) is 0 Å². The Bertz CT molecular complexity index is 3590. The highest BCUT2D eigenvalue weighted by atomic mass is 14.2. The maximum absolute atomic E-state index is 2.44. The normalized spacial score (nSPS) is 11.9. The van der Waals surface area contributed by atoms with Crippen molar-refractivity contribution >= 4 is 86.2 Å². The molecule has 0 heteroatoms. The number of fused-ring (bicyclic) bond motifs is 14. The van der Waals surface area contributed by atoms with E-state index in [1.807, 2.05) is 0 Å². The Morgan fingerprint density at radius 3 is 1.32 bits per heavy atom. The molecule has 0 amide bonds. The molecule has 0 heterocycles. The van der Waals surface area contributed by atoms with Gasteiger partial charge in [0.1, 0.15) is 0 Å². The zero-order valence-electron chi connectivity index (χ0n) is 30.6. The number of hydrogen-bond acceptors (Lipinski definition) is 0. The first-order valence-corrected chi connectivity index (χ1v) is 19.5. The zero-order chi connectivity index (χ0) is 36.7. The van der Waals surface area contributed by atoms with E-state index in [1.54, 1.807) is 0 Å². The monoisotopic (exact) mass is 706 g/mol. The molecule has 258 valence electrons. The minimum atomic E-state index is 1.22. The van der Waals surface area contributed by atoms with Crippen molar-refractivity contribution in [2.45, 2.75) is 0 Å². The molecule has 0 radical (unpaired) electrons. The van der Waals surface area contributed by atoms with Gasteiger partial charge >= 0.3 is 0 Å². The minimum Gasteiger partial charge on any atom is -0.0616 e. The summed E-state index contributed by atoms with van der Waals surface area (Å²) in [5.41, 5.74) is 7.43. The van der Waals surface area contributed by atoms with Gasteiger partial charge in [-0.2, -0.15) is 0 Å². The van der Waals surface area contributed by atoms with Gasteiger partial charge in [-0.3, -0.25) is 0 Å². The Morgan fingerprint density at radius 1 is 0.179 bits per heavy atom. The van der Waals surface area contributed by atoms with Crippen molar-refractivity contribution < 1.29 is 0 Å². The summed E-state index contributed by atoms with van der Waals surface area (Å²) in [5.74, 6) is 0. The third kappa shape index (κ3) is 4.66. The highest BCUT2D eigenvalue weighted by Crippen LogP contribution is 2.44. The predicted octanol–water partition coefficient (Wildman–Crippen LogP) is 15.9. The Kier molecular flexibility index (Phi) is 6.73. The van der Waals surface area contributed by atoms with Crippen molar-refractivity contribution in [2.75, 3.05) is 0 Å². The van der Waals surface area contributed by atoms with Crippen LogP contribution < -0.4 is 0 Å². The summed E-state index contributed by atoms with van der Waals surface area (Å²) < 4.78 is 0. The lowest BCUT2D eigenvalue weighted by Gasteiger charge is -2.16. The molecule has 0 saturated carbocycles. The molecule has 0 aliphatic heterocycles. The highest BCUT2D eigenvalue weighted by molar-refractivity contribution is 6.33.